The SMILES string of the molecule is CNc1nc(N)cc(Cl)c1N. The van der Waals surface area contributed by atoms with E-state index < -0.39 is 0 Å². The maximum atomic E-state index is 5.71. The Kier molecular flexibility index (Phi) is 2.05. The molecular formula is C6H9ClN4. The van der Waals surface area contributed by atoms with E-state index in [9.17, 15) is 0 Å². The molecule has 0 saturated carbocycles. The van der Waals surface area contributed by atoms with Gasteiger partial charge < -0.3 is 16.8 Å². The average molecular weight is 173 g/mol. The molecule has 0 fully saturated rings. The number of hydrogen-bond donors (Lipinski definition) is 3. The average Bonchev–Trinajstić information content (AvgIpc) is 1.96. The van der Waals surface area contributed by atoms with Crippen LogP contribution < -0.4 is 16.8 Å². The number of nitrogens with zero attached hydrogens (tertiary/aromatic N) is 1. The van der Waals surface area contributed by atoms with E-state index in [4.69, 9.17) is 23.1 Å². The Morgan fingerprint density at radius 2 is 2.18 bits per heavy atom. The first-order valence-corrected chi connectivity index (χ1v) is 3.42. The topological polar surface area (TPSA) is 77.0 Å². The smallest absolute Gasteiger partial charge is 0.152 e. The van der Waals surface area contributed by atoms with E-state index in [1.165, 1.54) is 6.07 Å². The number of pyridine rings is 1. The van der Waals surface area contributed by atoms with Crippen LogP contribution in [0.1, 0.15) is 0 Å². The highest BCUT2D eigenvalue weighted by Crippen LogP contribution is 2.26. The quantitative estimate of drug-likeness (QED) is 0.589. The van der Waals surface area contributed by atoms with E-state index >= 15 is 0 Å². The lowest BCUT2D eigenvalue weighted by molar-refractivity contribution is 1.30. The van der Waals surface area contributed by atoms with Gasteiger partial charge in [-0.1, -0.05) is 11.6 Å². The van der Waals surface area contributed by atoms with Gasteiger partial charge in [-0.25, -0.2) is 4.98 Å². The molecule has 0 bridgehead atoms. The lowest BCUT2D eigenvalue weighted by atomic mass is 10.4. The number of halogens is 1. The number of nitrogen functional groups attached to an aromatic ring is 2. The van der Waals surface area contributed by atoms with Gasteiger partial charge in [0.15, 0.2) is 5.82 Å². The molecule has 0 spiro atoms. The molecule has 4 nitrogen and oxygen atoms in total. The zero-order valence-electron chi connectivity index (χ0n) is 6.06. The molecule has 5 heteroatoms. The maximum absolute atomic E-state index is 5.71. The molecule has 1 heterocycles. The van der Waals surface area contributed by atoms with Crippen molar-refractivity contribution in [2.75, 3.05) is 23.8 Å². The number of nitrogens with two attached hydrogens (primary N) is 2. The highest BCUT2D eigenvalue weighted by molar-refractivity contribution is 6.33. The molecule has 0 amide bonds. The van der Waals surface area contributed by atoms with Crippen molar-refractivity contribution in [3.63, 3.8) is 0 Å². The summed E-state index contributed by atoms with van der Waals surface area (Å²) < 4.78 is 0. The van der Waals surface area contributed by atoms with Crippen LogP contribution in [0.5, 0.6) is 0 Å². The first-order valence-electron chi connectivity index (χ1n) is 3.04. The molecule has 0 aromatic carbocycles. The van der Waals surface area contributed by atoms with Crippen molar-refractivity contribution < 1.29 is 0 Å². The van der Waals surface area contributed by atoms with E-state index in [0.717, 1.165) is 0 Å². The molecule has 0 aliphatic heterocycles. The Hall–Kier alpha value is -1.16. The summed E-state index contributed by atoms with van der Waals surface area (Å²) in [7, 11) is 1.70. The highest BCUT2D eigenvalue weighted by Gasteiger charge is 2.03. The van der Waals surface area contributed by atoms with E-state index in [1.807, 2.05) is 0 Å². The maximum Gasteiger partial charge on any atom is 0.152 e. The van der Waals surface area contributed by atoms with Crippen molar-refractivity contribution in [2.45, 2.75) is 0 Å². The molecule has 0 atom stereocenters. The number of hydrogen-bond acceptors (Lipinski definition) is 4. The van der Waals surface area contributed by atoms with Crippen LogP contribution in [0.15, 0.2) is 6.07 Å². The lowest BCUT2D eigenvalue weighted by Crippen LogP contribution is -2.02. The first-order chi connectivity index (χ1) is 5.15. The minimum atomic E-state index is 0.355. The van der Waals surface area contributed by atoms with E-state index in [1.54, 1.807) is 7.05 Å². The predicted octanol–water partition coefficient (Wildman–Crippen LogP) is 0.941. The second-order valence-corrected chi connectivity index (χ2v) is 2.45. The summed E-state index contributed by atoms with van der Waals surface area (Å²) >= 11 is 5.71. The van der Waals surface area contributed by atoms with Gasteiger partial charge in [0, 0.05) is 13.1 Å². The summed E-state index contributed by atoms with van der Waals surface area (Å²) in [6, 6.07) is 1.51. The van der Waals surface area contributed by atoms with Crippen LogP contribution >= 0.6 is 11.6 Å². The fourth-order valence-corrected chi connectivity index (χ4v) is 0.934. The molecule has 0 aliphatic rings. The van der Waals surface area contributed by atoms with Crippen LogP contribution in [0, 0.1) is 0 Å². The normalized spacial score (nSPS) is 9.64. The Morgan fingerprint density at radius 1 is 1.55 bits per heavy atom. The Morgan fingerprint density at radius 3 is 2.73 bits per heavy atom. The zero-order valence-corrected chi connectivity index (χ0v) is 6.81. The summed E-state index contributed by atoms with van der Waals surface area (Å²) in [6.07, 6.45) is 0. The largest absolute Gasteiger partial charge is 0.395 e. The lowest BCUT2D eigenvalue weighted by Gasteiger charge is -2.05. The fourth-order valence-electron chi connectivity index (χ4n) is 0.733. The van der Waals surface area contributed by atoms with Crippen molar-refractivity contribution in [2.24, 2.45) is 0 Å². The number of rotatable bonds is 1. The molecule has 0 radical (unpaired) electrons. The second-order valence-electron chi connectivity index (χ2n) is 2.04. The minimum Gasteiger partial charge on any atom is -0.395 e. The number of nitrogens with one attached hydrogen (secondary N) is 1. The third-order valence-electron chi connectivity index (χ3n) is 1.26. The second kappa shape index (κ2) is 2.84. The van der Waals surface area contributed by atoms with Gasteiger partial charge in [-0.2, -0.15) is 0 Å². The van der Waals surface area contributed by atoms with Gasteiger partial charge in [0.1, 0.15) is 5.82 Å². The molecule has 11 heavy (non-hydrogen) atoms. The van der Waals surface area contributed by atoms with E-state index in [-0.39, 0.29) is 0 Å². The molecule has 1 rings (SSSR count). The third-order valence-corrected chi connectivity index (χ3v) is 1.58. The van der Waals surface area contributed by atoms with Crippen LogP contribution in [-0.4, -0.2) is 12.0 Å². The summed E-state index contributed by atoms with van der Waals surface area (Å²) in [5, 5.41) is 3.19. The summed E-state index contributed by atoms with van der Waals surface area (Å²) in [5.41, 5.74) is 11.4. The molecule has 5 N–H and O–H groups in total. The molecular weight excluding hydrogens is 164 g/mol. The van der Waals surface area contributed by atoms with Gasteiger partial charge in [-0.3, -0.25) is 0 Å². The highest BCUT2D eigenvalue weighted by atomic mass is 35.5. The molecule has 1 aromatic rings. The molecule has 1 aromatic heterocycles. The van der Waals surface area contributed by atoms with Crippen molar-refractivity contribution in [3.8, 4) is 0 Å². The van der Waals surface area contributed by atoms with Crippen LogP contribution in [0.3, 0.4) is 0 Å². The van der Waals surface area contributed by atoms with Crippen LogP contribution in [0.4, 0.5) is 17.3 Å². The first kappa shape index (κ1) is 7.94. The zero-order chi connectivity index (χ0) is 8.43. The third kappa shape index (κ3) is 1.46. The fraction of sp³-hybridized carbons (Fsp3) is 0.167. The minimum absolute atomic E-state index is 0.355. The van der Waals surface area contributed by atoms with Gasteiger partial charge >= 0.3 is 0 Å². The molecule has 0 aliphatic carbocycles. The van der Waals surface area contributed by atoms with Crippen LogP contribution in [-0.2, 0) is 0 Å². The Bertz CT molecular complexity index is 274. The van der Waals surface area contributed by atoms with Gasteiger partial charge in [-0.15, -0.1) is 0 Å². The molecule has 0 saturated heterocycles. The van der Waals surface area contributed by atoms with Crippen molar-refractivity contribution in [1.29, 1.82) is 0 Å². The molecule has 0 unspecified atom stereocenters. The van der Waals surface area contributed by atoms with Crippen molar-refractivity contribution in [3.05, 3.63) is 11.1 Å². The summed E-state index contributed by atoms with van der Waals surface area (Å²) in [6.45, 7) is 0. The number of aromatic nitrogens is 1. The van der Waals surface area contributed by atoms with Crippen LogP contribution in [0.2, 0.25) is 5.02 Å². The van der Waals surface area contributed by atoms with Crippen LogP contribution in [0.25, 0.3) is 0 Å². The van der Waals surface area contributed by atoms with Crippen molar-refractivity contribution >= 4 is 28.9 Å². The van der Waals surface area contributed by atoms with E-state index in [0.29, 0.717) is 22.3 Å². The summed E-state index contributed by atoms with van der Waals surface area (Å²) in [4.78, 5) is 3.91. The molecule has 60 valence electrons. The van der Waals surface area contributed by atoms with Gasteiger partial charge in [0.25, 0.3) is 0 Å². The Labute approximate surface area is 69.5 Å². The van der Waals surface area contributed by atoms with E-state index in [2.05, 4.69) is 10.3 Å². The van der Waals surface area contributed by atoms with Gasteiger partial charge in [0.05, 0.1) is 10.7 Å². The van der Waals surface area contributed by atoms with Gasteiger partial charge in [0.2, 0.25) is 0 Å². The monoisotopic (exact) mass is 172 g/mol. The van der Waals surface area contributed by atoms with Gasteiger partial charge in [-0.05, 0) is 0 Å². The Balaban J connectivity index is 3.24. The predicted molar refractivity (Wildman–Crippen MR) is 47.6 cm³/mol. The van der Waals surface area contributed by atoms with Crippen molar-refractivity contribution in [1.82, 2.24) is 4.98 Å². The summed E-state index contributed by atoms with van der Waals surface area (Å²) in [5.74, 6) is 0.864. The standard InChI is InChI=1S/C6H9ClN4/c1-10-6-5(9)3(7)2-4(8)11-6/h2H,9H2,1H3,(H3,8,10,11). The number of anilines is 3.